The molecule has 0 saturated carbocycles. The van der Waals surface area contributed by atoms with Gasteiger partial charge < -0.3 is 42.2 Å². The molecule has 2 aromatic rings. The van der Waals surface area contributed by atoms with Gasteiger partial charge in [-0.3, -0.25) is 4.79 Å². The zero-order chi connectivity index (χ0) is 32.4. The molecule has 254 valence electrons. The van der Waals surface area contributed by atoms with Crippen molar-refractivity contribution in [1.82, 2.24) is 45.7 Å². The van der Waals surface area contributed by atoms with Gasteiger partial charge in [0, 0.05) is 88.2 Å². The first kappa shape index (κ1) is 45.8. The molecule has 2 aliphatic carbocycles. The average molecular weight is 727 g/mol. The molecule has 0 spiro atoms. The van der Waals surface area contributed by atoms with E-state index >= 15 is 0 Å². The summed E-state index contributed by atoms with van der Waals surface area (Å²) in [5.74, 6) is 0.927. The van der Waals surface area contributed by atoms with Gasteiger partial charge in [0.05, 0.1) is 0 Å². The first-order valence-corrected chi connectivity index (χ1v) is 16.5. The third kappa shape index (κ3) is 18.2. The van der Waals surface area contributed by atoms with Crippen LogP contribution in [0, 0.1) is 0 Å². The average Bonchev–Trinajstić information content (AvgIpc) is 3.05. The topological polar surface area (TPSA) is 147 Å². The summed E-state index contributed by atoms with van der Waals surface area (Å²) in [5.41, 5.74) is 5.07. The molecule has 0 radical (unpaired) electrons. The number of hydrogen-bond acceptors (Lipinski definition) is 13. The van der Waals surface area contributed by atoms with E-state index in [1.165, 1.54) is 42.5 Å². The van der Waals surface area contributed by atoms with Crippen LogP contribution in [-0.4, -0.2) is 129 Å². The van der Waals surface area contributed by atoms with Crippen molar-refractivity contribution in [2.24, 2.45) is 0 Å². The molecular formula is C31H53ClK2N10O3. The van der Waals surface area contributed by atoms with Crippen LogP contribution in [0.15, 0.2) is 12.4 Å². The fourth-order valence-corrected chi connectivity index (χ4v) is 6.07. The summed E-state index contributed by atoms with van der Waals surface area (Å²) in [5, 5.41) is 19.2. The van der Waals surface area contributed by atoms with E-state index < -0.39 is 0 Å². The minimum atomic E-state index is -0.181. The third-order valence-corrected chi connectivity index (χ3v) is 8.14. The number of nitrogens with one attached hydrogen (secondary N) is 3. The molecule has 2 atom stereocenters. The van der Waals surface area contributed by atoms with Gasteiger partial charge >= 0.3 is 103 Å². The van der Waals surface area contributed by atoms with E-state index in [2.05, 4.69) is 84.9 Å². The van der Waals surface area contributed by atoms with Crippen LogP contribution in [0.2, 0.25) is 5.28 Å². The monoisotopic (exact) mass is 726 g/mol. The maximum Gasteiger partial charge on any atom is 1.00 e. The van der Waals surface area contributed by atoms with Crippen LogP contribution >= 0.6 is 11.6 Å². The Morgan fingerprint density at radius 1 is 0.894 bits per heavy atom. The normalized spacial score (nSPS) is 19.8. The van der Waals surface area contributed by atoms with Crippen LogP contribution in [0.25, 0.3) is 0 Å². The molecule has 4 aliphatic rings. The second-order valence-corrected chi connectivity index (χ2v) is 12.7. The zero-order valence-electron chi connectivity index (χ0n) is 30.4. The van der Waals surface area contributed by atoms with Gasteiger partial charge in [0.25, 0.3) is 6.47 Å². The van der Waals surface area contributed by atoms with Crippen molar-refractivity contribution in [3.8, 4) is 0 Å². The molecule has 3 N–H and O–H groups in total. The van der Waals surface area contributed by atoms with E-state index in [-0.39, 0.29) is 111 Å². The van der Waals surface area contributed by atoms with Crippen LogP contribution in [0.3, 0.4) is 0 Å². The minimum absolute atomic E-state index is 0. The van der Waals surface area contributed by atoms with E-state index in [1.54, 1.807) is 0 Å². The fraction of sp³-hybridized carbons (Fsp3) is 0.710. The zero-order valence-corrected chi connectivity index (χ0v) is 36.4. The van der Waals surface area contributed by atoms with E-state index in [9.17, 15) is 0 Å². The van der Waals surface area contributed by atoms with Crippen molar-refractivity contribution in [2.45, 2.75) is 63.5 Å². The number of rotatable bonds is 6. The Morgan fingerprint density at radius 2 is 1.45 bits per heavy atom. The quantitative estimate of drug-likeness (QED) is 0.0856. The number of carbonyl (C=O) groups is 1. The third-order valence-electron chi connectivity index (χ3n) is 7.96. The Morgan fingerprint density at radius 3 is 2.02 bits per heavy atom. The Balaban J connectivity index is 0.000000677. The molecule has 4 heterocycles. The van der Waals surface area contributed by atoms with E-state index in [0.29, 0.717) is 17.4 Å². The van der Waals surface area contributed by atoms with Gasteiger partial charge in [0.1, 0.15) is 0 Å². The molecule has 2 aliphatic heterocycles. The number of anilines is 1. The SMILES string of the molecule is CN(C)C[C@H]1CN(c2ncc3c(n2)CCCC3)CCN1.CN(C)C[C@H]1CNCCN1.Clc1ncc2c(n1)CCCC2.O=CO[O-].[H-].[K+].[K+]. The maximum atomic E-state index is 8.64. The molecule has 0 aromatic carbocycles. The van der Waals surface area contributed by atoms with Gasteiger partial charge in [-0.25, -0.2) is 19.9 Å². The largest absolute Gasteiger partial charge is 1.00 e. The molecule has 16 heteroatoms. The number of carbonyl (C=O) groups excluding carboxylic acids is 1. The van der Waals surface area contributed by atoms with Gasteiger partial charge in [-0.1, -0.05) is 0 Å². The Kier molecular flexibility index (Phi) is 25.8. The second kappa shape index (κ2) is 26.5. The number of fused-ring (bicyclic) bond motifs is 2. The Labute approximate surface area is 372 Å². The Hall–Kier alpha value is 0.753. The van der Waals surface area contributed by atoms with Crippen molar-refractivity contribution in [3.05, 3.63) is 40.2 Å². The van der Waals surface area contributed by atoms with Gasteiger partial charge in [0.2, 0.25) is 11.2 Å². The second-order valence-electron chi connectivity index (χ2n) is 12.3. The van der Waals surface area contributed by atoms with Crippen LogP contribution in [0.4, 0.5) is 5.95 Å². The molecular weight excluding hydrogens is 674 g/mol. The first-order chi connectivity index (χ1) is 21.8. The summed E-state index contributed by atoms with van der Waals surface area (Å²) in [7, 11) is 8.46. The van der Waals surface area contributed by atoms with Crippen molar-refractivity contribution >= 4 is 24.0 Å². The van der Waals surface area contributed by atoms with Crippen molar-refractivity contribution in [2.75, 3.05) is 85.4 Å². The predicted octanol–water partition coefficient (Wildman–Crippen LogP) is -5.63. The van der Waals surface area contributed by atoms with Crippen LogP contribution < -0.4 is 129 Å². The summed E-state index contributed by atoms with van der Waals surface area (Å²) < 4.78 is 0. The number of aryl methyl sites for hydroxylation is 4. The number of halogens is 1. The van der Waals surface area contributed by atoms with Crippen molar-refractivity contribution in [1.29, 1.82) is 0 Å². The number of hydrogen-bond donors (Lipinski definition) is 3. The van der Waals surface area contributed by atoms with E-state index in [4.69, 9.17) is 26.6 Å². The minimum Gasteiger partial charge on any atom is -1.00 e. The van der Waals surface area contributed by atoms with Gasteiger partial charge in [-0.05, 0) is 102 Å². The standard InChI is InChI=1S/C15H25N5.C8H9ClN2.C7H17N3.CH2O3.2K.H/c1-19(2)10-13-11-20(8-7-16-13)15-17-9-12-5-3-4-6-14(12)18-15;9-8-10-5-6-3-1-2-4-7(6)11-8;1-10(2)6-7-5-8-3-4-9-7;2-1-4-3;;;/h9,13,16H,3-8,10-11H2,1-2H3;5H,1-4H2;7-9H,3-6H2,1-2H3;1,3H;;;/q;;;;2*+1;-1/p-1/t13-;;7-;;;;/m0.1..../s1. The van der Waals surface area contributed by atoms with Crippen LogP contribution in [0.5, 0.6) is 0 Å². The summed E-state index contributed by atoms with van der Waals surface area (Å²) in [6.07, 6.45) is 13.4. The van der Waals surface area contributed by atoms with E-state index in [0.717, 1.165) is 89.7 Å². The Bertz CT molecular complexity index is 1160. The van der Waals surface area contributed by atoms with Crippen molar-refractivity contribution in [3.63, 3.8) is 0 Å². The molecule has 47 heavy (non-hydrogen) atoms. The maximum absolute atomic E-state index is 8.64. The predicted molar refractivity (Wildman–Crippen MR) is 176 cm³/mol. The van der Waals surface area contributed by atoms with Crippen LogP contribution in [0.1, 0.15) is 49.6 Å². The van der Waals surface area contributed by atoms with Crippen LogP contribution in [-0.2, 0) is 35.4 Å². The summed E-state index contributed by atoms with van der Waals surface area (Å²) >= 11 is 5.65. The number of nitrogens with zero attached hydrogens (tertiary/aromatic N) is 7. The van der Waals surface area contributed by atoms with Crippen molar-refractivity contribution < 1.29 is 119 Å². The number of likely N-dealkylation sites (N-methyl/N-ethyl adjacent to an activating group) is 2. The summed E-state index contributed by atoms with van der Waals surface area (Å²) in [6, 6.07) is 1.14. The smallest absolute Gasteiger partial charge is 1.00 e. The molecule has 2 fully saturated rings. The molecule has 13 nitrogen and oxygen atoms in total. The fourth-order valence-electron chi connectivity index (χ4n) is 5.92. The molecule has 0 amide bonds. The summed E-state index contributed by atoms with van der Waals surface area (Å²) in [4.78, 5) is 35.6. The molecule has 0 bridgehead atoms. The van der Waals surface area contributed by atoms with Gasteiger partial charge in [0.15, 0.2) is 0 Å². The number of piperazine rings is 2. The first-order valence-electron chi connectivity index (χ1n) is 16.1. The molecule has 0 unspecified atom stereocenters. The molecule has 6 rings (SSSR count). The number of aromatic nitrogens is 4. The molecule has 2 saturated heterocycles. The molecule has 2 aromatic heterocycles. The van der Waals surface area contributed by atoms with E-state index in [1.807, 2.05) is 6.20 Å². The van der Waals surface area contributed by atoms with Gasteiger partial charge in [-0.15, -0.1) is 0 Å². The summed E-state index contributed by atoms with van der Waals surface area (Å²) in [6.45, 7) is 8.35. The van der Waals surface area contributed by atoms with Gasteiger partial charge in [-0.2, -0.15) is 0 Å².